The fourth-order valence-electron chi connectivity index (χ4n) is 1.80. The molecule has 2 heterocycles. The molecule has 1 unspecified atom stereocenters. The molecule has 0 aromatic carbocycles. The zero-order chi connectivity index (χ0) is 15.1. The van der Waals surface area contributed by atoms with Crippen LogP contribution in [0, 0.1) is 0 Å². The second-order valence-electron chi connectivity index (χ2n) is 4.21. The number of hydrogen-bond acceptors (Lipinski definition) is 4. The molecule has 1 aromatic rings. The van der Waals surface area contributed by atoms with Crippen molar-refractivity contribution in [3.05, 3.63) is 18.0 Å². The van der Waals surface area contributed by atoms with E-state index in [0.717, 1.165) is 4.68 Å². The number of halogens is 4. The first kappa shape index (κ1) is 14.4. The minimum atomic E-state index is -3.44. The van der Waals surface area contributed by atoms with Crippen molar-refractivity contribution in [3.63, 3.8) is 0 Å². The summed E-state index contributed by atoms with van der Waals surface area (Å²) in [6.45, 7) is 0. The summed E-state index contributed by atoms with van der Waals surface area (Å²) in [4.78, 5) is 12.0. The highest BCUT2D eigenvalue weighted by molar-refractivity contribution is 5.98. The maximum absolute atomic E-state index is 12.9. The lowest BCUT2D eigenvalue weighted by atomic mass is 10.1. The number of nitrogens with zero attached hydrogens (tertiary/aromatic N) is 4. The summed E-state index contributed by atoms with van der Waals surface area (Å²) < 4.78 is 52.0. The van der Waals surface area contributed by atoms with E-state index in [9.17, 15) is 27.5 Å². The number of amides is 1. The van der Waals surface area contributed by atoms with E-state index in [1.807, 2.05) is 0 Å². The first-order valence-electron chi connectivity index (χ1n) is 5.46. The SMILES string of the molecule is Cn1nccc1C(=O)N1N=C(C(F)F)CC1(O)C(F)F. The number of hydrazone groups is 1. The number of rotatable bonds is 3. The minimum absolute atomic E-state index is 0.00380. The largest absolute Gasteiger partial charge is 0.364 e. The first-order valence-corrected chi connectivity index (χ1v) is 5.46. The third-order valence-corrected chi connectivity index (χ3v) is 2.87. The molecule has 10 heteroatoms. The van der Waals surface area contributed by atoms with Crippen LogP contribution in [0.4, 0.5) is 17.6 Å². The third kappa shape index (κ3) is 2.15. The maximum atomic E-state index is 12.9. The van der Waals surface area contributed by atoms with Gasteiger partial charge in [0.1, 0.15) is 11.4 Å². The lowest BCUT2D eigenvalue weighted by molar-refractivity contribution is -0.164. The highest BCUT2D eigenvalue weighted by Gasteiger charge is 2.53. The number of alkyl halides is 4. The molecular weight excluding hydrogens is 284 g/mol. The van der Waals surface area contributed by atoms with Gasteiger partial charge in [-0.15, -0.1) is 0 Å². The first-order chi connectivity index (χ1) is 9.27. The Morgan fingerprint density at radius 1 is 1.45 bits per heavy atom. The van der Waals surface area contributed by atoms with Gasteiger partial charge in [0, 0.05) is 19.7 Å². The van der Waals surface area contributed by atoms with Crippen molar-refractivity contribution in [2.45, 2.75) is 25.0 Å². The monoisotopic (exact) mass is 294 g/mol. The Hall–Kier alpha value is -1.97. The number of hydrogen-bond donors (Lipinski definition) is 1. The second-order valence-corrected chi connectivity index (χ2v) is 4.21. The minimum Gasteiger partial charge on any atom is -0.364 e. The Morgan fingerprint density at radius 3 is 2.55 bits per heavy atom. The Kier molecular flexibility index (Phi) is 3.50. The van der Waals surface area contributed by atoms with Gasteiger partial charge in [0.2, 0.25) is 5.72 Å². The van der Waals surface area contributed by atoms with Gasteiger partial charge in [-0.2, -0.15) is 15.2 Å². The van der Waals surface area contributed by atoms with Gasteiger partial charge >= 0.3 is 0 Å². The van der Waals surface area contributed by atoms with Crippen molar-refractivity contribution in [3.8, 4) is 0 Å². The van der Waals surface area contributed by atoms with Crippen LogP contribution in [0.5, 0.6) is 0 Å². The number of carbonyl (C=O) groups is 1. The molecular formula is C10H10F4N4O2. The van der Waals surface area contributed by atoms with Crippen molar-refractivity contribution in [2.24, 2.45) is 12.1 Å². The van der Waals surface area contributed by atoms with E-state index >= 15 is 0 Å². The van der Waals surface area contributed by atoms with Gasteiger partial charge in [-0.3, -0.25) is 9.48 Å². The van der Waals surface area contributed by atoms with E-state index in [1.54, 1.807) is 0 Å². The van der Waals surface area contributed by atoms with Crippen LogP contribution in [0.2, 0.25) is 0 Å². The van der Waals surface area contributed by atoms with Gasteiger partial charge in [-0.1, -0.05) is 0 Å². The summed E-state index contributed by atoms with van der Waals surface area (Å²) in [7, 11) is 1.36. The van der Waals surface area contributed by atoms with Crippen molar-refractivity contribution >= 4 is 11.6 Å². The average Bonchev–Trinajstić information content (AvgIpc) is 2.93. The van der Waals surface area contributed by atoms with Crippen molar-refractivity contribution in [1.82, 2.24) is 14.8 Å². The fraction of sp³-hybridized carbons (Fsp3) is 0.500. The standard InChI is InChI=1S/C10H10F4N4O2/c1-17-6(2-3-15-17)8(19)18-10(20,9(13)14)4-5(16-18)7(11)12/h2-3,7,9,20H,4H2,1H3. The molecule has 0 spiro atoms. The van der Waals surface area contributed by atoms with Crippen LogP contribution in [0.15, 0.2) is 17.4 Å². The predicted octanol–water partition coefficient (Wildman–Crippen LogP) is 0.841. The molecule has 1 aliphatic rings. The van der Waals surface area contributed by atoms with Crippen molar-refractivity contribution < 1.29 is 27.5 Å². The van der Waals surface area contributed by atoms with Gasteiger partial charge < -0.3 is 5.11 Å². The van der Waals surface area contributed by atoms with Crippen LogP contribution in [-0.4, -0.2) is 50.1 Å². The van der Waals surface area contributed by atoms with E-state index in [1.165, 1.54) is 19.3 Å². The molecule has 2 rings (SSSR count). The molecule has 1 aromatic heterocycles. The van der Waals surface area contributed by atoms with Crippen LogP contribution >= 0.6 is 0 Å². The van der Waals surface area contributed by atoms with Gasteiger partial charge in [0.25, 0.3) is 18.8 Å². The number of aromatic nitrogens is 2. The quantitative estimate of drug-likeness (QED) is 0.840. The summed E-state index contributed by atoms with van der Waals surface area (Å²) in [6, 6.07) is 1.20. The van der Waals surface area contributed by atoms with Crippen molar-refractivity contribution in [1.29, 1.82) is 0 Å². The molecule has 0 saturated heterocycles. The zero-order valence-electron chi connectivity index (χ0n) is 10.2. The highest BCUT2D eigenvalue weighted by Crippen LogP contribution is 2.34. The number of aryl methyl sites for hydroxylation is 1. The molecule has 0 aliphatic carbocycles. The molecule has 0 saturated carbocycles. The highest BCUT2D eigenvalue weighted by atomic mass is 19.3. The molecule has 1 aliphatic heterocycles. The molecule has 6 nitrogen and oxygen atoms in total. The van der Waals surface area contributed by atoms with Crippen LogP contribution in [0.1, 0.15) is 16.9 Å². The molecule has 110 valence electrons. The van der Waals surface area contributed by atoms with Gasteiger partial charge in [-0.25, -0.2) is 17.6 Å². The topological polar surface area (TPSA) is 70.7 Å². The second kappa shape index (κ2) is 4.85. The van der Waals surface area contributed by atoms with Gasteiger partial charge in [0.05, 0.1) is 0 Å². The summed E-state index contributed by atoms with van der Waals surface area (Å²) >= 11 is 0. The normalized spacial score (nSPS) is 22.8. The molecule has 0 fully saturated rings. The lowest BCUT2D eigenvalue weighted by Gasteiger charge is -2.29. The summed E-state index contributed by atoms with van der Waals surface area (Å²) in [5.41, 5.74) is -4.21. The van der Waals surface area contributed by atoms with Gasteiger partial charge in [0.15, 0.2) is 0 Å². The van der Waals surface area contributed by atoms with Crippen LogP contribution < -0.4 is 0 Å². The summed E-state index contributed by atoms with van der Waals surface area (Å²) in [5, 5.41) is 16.6. The van der Waals surface area contributed by atoms with Crippen LogP contribution in [-0.2, 0) is 7.05 Å². The third-order valence-electron chi connectivity index (χ3n) is 2.87. The Balaban J connectivity index is 2.40. The molecule has 1 atom stereocenters. The van der Waals surface area contributed by atoms with E-state index in [-0.39, 0.29) is 10.7 Å². The Bertz CT molecular complexity index is 559. The number of carbonyl (C=O) groups excluding carboxylic acids is 1. The average molecular weight is 294 g/mol. The van der Waals surface area contributed by atoms with Gasteiger partial charge in [-0.05, 0) is 6.07 Å². The molecule has 20 heavy (non-hydrogen) atoms. The van der Waals surface area contributed by atoms with E-state index in [0.29, 0.717) is 0 Å². The summed E-state index contributed by atoms with van der Waals surface area (Å²) in [5.74, 6) is -1.14. The maximum Gasteiger partial charge on any atom is 0.295 e. The molecule has 0 radical (unpaired) electrons. The zero-order valence-corrected chi connectivity index (χ0v) is 10.2. The Labute approximate surface area is 110 Å². The van der Waals surface area contributed by atoms with Crippen molar-refractivity contribution in [2.75, 3.05) is 0 Å². The molecule has 1 N–H and O–H groups in total. The predicted molar refractivity (Wildman–Crippen MR) is 58.4 cm³/mol. The molecule has 0 bridgehead atoms. The fourth-order valence-corrected chi connectivity index (χ4v) is 1.80. The van der Waals surface area contributed by atoms with E-state index < -0.39 is 36.6 Å². The number of aliphatic hydroxyl groups is 1. The lowest BCUT2D eigenvalue weighted by Crippen LogP contribution is -2.52. The summed E-state index contributed by atoms with van der Waals surface area (Å²) in [6.07, 6.45) is -6.46. The van der Waals surface area contributed by atoms with E-state index in [2.05, 4.69) is 10.2 Å². The van der Waals surface area contributed by atoms with Crippen LogP contribution in [0.3, 0.4) is 0 Å². The smallest absolute Gasteiger partial charge is 0.295 e. The van der Waals surface area contributed by atoms with Crippen LogP contribution in [0.25, 0.3) is 0 Å². The molecule has 1 amide bonds. The Morgan fingerprint density at radius 2 is 2.10 bits per heavy atom. The van der Waals surface area contributed by atoms with E-state index in [4.69, 9.17) is 0 Å².